The lowest BCUT2D eigenvalue weighted by atomic mass is 10.0. The first-order valence-electron chi connectivity index (χ1n) is 9.83. The van der Waals surface area contributed by atoms with Gasteiger partial charge in [0.2, 0.25) is 5.91 Å². The first kappa shape index (κ1) is 20.5. The molecule has 0 saturated heterocycles. The van der Waals surface area contributed by atoms with Gasteiger partial charge in [-0.25, -0.2) is 0 Å². The molecule has 150 valence electrons. The summed E-state index contributed by atoms with van der Waals surface area (Å²) in [6, 6.07) is 13.3. The van der Waals surface area contributed by atoms with Crippen LogP contribution in [0.5, 0.6) is 0 Å². The molecule has 1 heterocycles. The molecule has 0 aliphatic heterocycles. The molecule has 5 nitrogen and oxygen atoms in total. The van der Waals surface area contributed by atoms with Crippen molar-refractivity contribution < 1.29 is 9.59 Å². The Kier molecular flexibility index (Phi) is 6.27. The summed E-state index contributed by atoms with van der Waals surface area (Å²) in [6.45, 7) is 6.33. The predicted molar refractivity (Wildman–Crippen MR) is 115 cm³/mol. The van der Waals surface area contributed by atoms with Gasteiger partial charge in [-0.3, -0.25) is 14.4 Å². The number of nitrogens with one attached hydrogen (secondary N) is 2. The summed E-state index contributed by atoms with van der Waals surface area (Å²) >= 11 is 0. The molecule has 29 heavy (non-hydrogen) atoms. The van der Waals surface area contributed by atoms with E-state index in [4.69, 9.17) is 0 Å². The lowest BCUT2D eigenvalue weighted by Gasteiger charge is -2.07. The van der Waals surface area contributed by atoms with E-state index >= 15 is 0 Å². The van der Waals surface area contributed by atoms with Crippen LogP contribution in [0.2, 0.25) is 0 Å². The second-order valence-corrected chi connectivity index (χ2v) is 7.54. The Morgan fingerprint density at radius 3 is 2.48 bits per heavy atom. The first-order chi connectivity index (χ1) is 13.8. The van der Waals surface area contributed by atoms with E-state index in [2.05, 4.69) is 10.3 Å². The van der Waals surface area contributed by atoms with Crippen molar-refractivity contribution in [1.29, 1.82) is 0 Å². The van der Waals surface area contributed by atoms with E-state index in [9.17, 15) is 14.4 Å². The Bertz CT molecular complexity index is 1130. The fraction of sp³-hybridized carbons (Fsp3) is 0.292. The number of aromatic amines is 1. The van der Waals surface area contributed by atoms with Crippen LogP contribution >= 0.6 is 0 Å². The summed E-state index contributed by atoms with van der Waals surface area (Å²) in [4.78, 5) is 39.4. The number of rotatable bonds is 7. The van der Waals surface area contributed by atoms with Gasteiger partial charge in [0.25, 0.3) is 5.56 Å². The van der Waals surface area contributed by atoms with E-state index in [1.165, 1.54) is 0 Å². The molecule has 0 aliphatic carbocycles. The van der Waals surface area contributed by atoms with Crippen LogP contribution in [0.3, 0.4) is 0 Å². The molecule has 1 amide bonds. The smallest absolute Gasteiger partial charge is 0.251 e. The number of hydrogen-bond donors (Lipinski definition) is 2. The highest BCUT2D eigenvalue weighted by Crippen LogP contribution is 2.14. The zero-order chi connectivity index (χ0) is 21.0. The van der Waals surface area contributed by atoms with Crippen LogP contribution in [-0.4, -0.2) is 23.2 Å². The van der Waals surface area contributed by atoms with Crippen molar-refractivity contribution in [3.8, 4) is 0 Å². The van der Waals surface area contributed by atoms with Gasteiger partial charge in [-0.15, -0.1) is 0 Å². The fourth-order valence-corrected chi connectivity index (χ4v) is 3.27. The summed E-state index contributed by atoms with van der Waals surface area (Å²) in [5.74, 6) is -0.222. The average molecular weight is 390 g/mol. The summed E-state index contributed by atoms with van der Waals surface area (Å²) in [7, 11) is 0. The minimum Gasteiger partial charge on any atom is -0.356 e. The maximum absolute atomic E-state index is 12.3. The van der Waals surface area contributed by atoms with Gasteiger partial charge in [0.05, 0.1) is 0 Å². The normalized spacial score (nSPS) is 10.9. The Hall–Kier alpha value is -3.21. The quantitative estimate of drug-likeness (QED) is 0.603. The van der Waals surface area contributed by atoms with Crippen molar-refractivity contribution in [2.24, 2.45) is 0 Å². The number of H-pyrrole nitrogens is 1. The molecule has 0 spiro atoms. The Morgan fingerprint density at radius 2 is 1.72 bits per heavy atom. The number of Topliss-reactive ketones (excluding diaryl/α,β-unsaturated/α-hetero) is 1. The van der Waals surface area contributed by atoms with E-state index < -0.39 is 0 Å². The second-order valence-electron chi connectivity index (χ2n) is 7.54. The standard InChI is InChI=1S/C24H26N2O3/c1-15-4-7-21-20(12-15)14-19(24(29)26-21)10-11-25-23(28)9-8-22(27)18-6-5-16(2)17(3)13-18/h4-7,12-14H,8-11H2,1-3H3,(H,25,28)(H,26,29). The maximum atomic E-state index is 12.3. The van der Waals surface area contributed by atoms with Gasteiger partial charge in [0.1, 0.15) is 0 Å². The molecule has 3 rings (SSSR count). The van der Waals surface area contributed by atoms with Crippen LogP contribution in [0, 0.1) is 20.8 Å². The number of hydrogen-bond acceptors (Lipinski definition) is 3. The highest BCUT2D eigenvalue weighted by molar-refractivity contribution is 5.98. The van der Waals surface area contributed by atoms with Gasteiger partial charge in [0, 0.05) is 36.0 Å². The van der Waals surface area contributed by atoms with E-state index in [-0.39, 0.29) is 30.1 Å². The number of aryl methyl sites for hydroxylation is 3. The molecule has 0 aliphatic rings. The second kappa shape index (κ2) is 8.86. The molecular formula is C24H26N2O3. The highest BCUT2D eigenvalue weighted by Gasteiger charge is 2.10. The van der Waals surface area contributed by atoms with Crippen LogP contribution in [0.15, 0.2) is 47.3 Å². The van der Waals surface area contributed by atoms with Gasteiger partial charge in [-0.05, 0) is 68.0 Å². The lowest BCUT2D eigenvalue weighted by molar-refractivity contribution is -0.121. The van der Waals surface area contributed by atoms with E-state index in [0.717, 1.165) is 27.6 Å². The summed E-state index contributed by atoms with van der Waals surface area (Å²) < 4.78 is 0. The molecule has 0 unspecified atom stereocenters. The average Bonchev–Trinajstić information content (AvgIpc) is 2.69. The molecule has 0 bridgehead atoms. The molecular weight excluding hydrogens is 364 g/mol. The van der Waals surface area contributed by atoms with E-state index in [1.54, 1.807) is 6.07 Å². The zero-order valence-electron chi connectivity index (χ0n) is 17.1. The molecule has 0 fully saturated rings. The third-order valence-electron chi connectivity index (χ3n) is 5.20. The van der Waals surface area contributed by atoms with Crippen molar-refractivity contribution in [2.75, 3.05) is 6.54 Å². The minimum atomic E-state index is -0.185. The van der Waals surface area contributed by atoms with Crippen LogP contribution in [0.1, 0.15) is 45.5 Å². The number of fused-ring (bicyclic) bond motifs is 1. The SMILES string of the molecule is Cc1ccc2[nH]c(=O)c(CCNC(=O)CCC(=O)c3ccc(C)c(C)c3)cc2c1. The Labute approximate surface area is 170 Å². The van der Waals surface area contributed by atoms with Crippen LogP contribution < -0.4 is 10.9 Å². The van der Waals surface area contributed by atoms with Crippen LogP contribution in [0.4, 0.5) is 0 Å². The fourth-order valence-electron chi connectivity index (χ4n) is 3.27. The number of aromatic nitrogens is 1. The summed E-state index contributed by atoms with van der Waals surface area (Å²) in [5.41, 5.74) is 5.26. The molecule has 1 aromatic heterocycles. The monoisotopic (exact) mass is 390 g/mol. The zero-order valence-corrected chi connectivity index (χ0v) is 17.1. The number of ketones is 1. The van der Waals surface area contributed by atoms with Gasteiger partial charge in [-0.2, -0.15) is 0 Å². The van der Waals surface area contributed by atoms with Gasteiger partial charge in [-0.1, -0.05) is 23.8 Å². The number of amides is 1. The first-order valence-corrected chi connectivity index (χ1v) is 9.83. The molecule has 0 atom stereocenters. The molecule has 2 N–H and O–H groups in total. The van der Waals surface area contributed by atoms with Gasteiger partial charge in [0.15, 0.2) is 5.78 Å². The minimum absolute atomic E-state index is 0.0374. The molecule has 5 heteroatoms. The molecule has 0 saturated carbocycles. The van der Waals surface area contributed by atoms with Crippen LogP contribution in [0.25, 0.3) is 10.9 Å². The summed E-state index contributed by atoms with van der Waals surface area (Å²) in [6.07, 6.45) is 0.749. The van der Waals surface area contributed by atoms with Crippen LogP contribution in [-0.2, 0) is 11.2 Å². The lowest BCUT2D eigenvalue weighted by Crippen LogP contribution is -2.27. The molecule has 3 aromatic rings. The van der Waals surface area contributed by atoms with Crippen molar-refractivity contribution in [3.63, 3.8) is 0 Å². The Balaban J connectivity index is 1.51. The maximum Gasteiger partial charge on any atom is 0.251 e. The summed E-state index contributed by atoms with van der Waals surface area (Å²) in [5, 5.41) is 3.78. The molecule has 0 radical (unpaired) electrons. The number of carbonyl (C=O) groups excluding carboxylic acids is 2. The number of carbonyl (C=O) groups is 2. The van der Waals surface area contributed by atoms with E-state index in [1.807, 2.05) is 57.2 Å². The van der Waals surface area contributed by atoms with Gasteiger partial charge >= 0.3 is 0 Å². The Morgan fingerprint density at radius 1 is 0.931 bits per heavy atom. The predicted octanol–water partition coefficient (Wildman–Crippen LogP) is 3.78. The highest BCUT2D eigenvalue weighted by atomic mass is 16.2. The largest absolute Gasteiger partial charge is 0.356 e. The third kappa shape index (κ3) is 5.19. The van der Waals surface area contributed by atoms with Crippen molar-refractivity contribution in [1.82, 2.24) is 10.3 Å². The van der Waals surface area contributed by atoms with Gasteiger partial charge < -0.3 is 10.3 Å². The van der Waals surface area contributed by atoms with Crippen molar-refractivity contribution in [3.05, 3.63) is 80.6 Å². The van der Waals surface area contributed by atoms with E-state index in [0.29, 0.717) is 24.1 Å². The molecule has 2 aromatic carbocycles. The van der Waals surface area contributed by atoms with Crippen molar-refractivity contribution >= 4 is 22.6 Å². The topological polar surface area (TPSA) is 79.0 Å². The third-order valence-corrected chi connectivity index (χ3v) is 5.20. The number of pyridine rings is 1. The number of benzene rings is 2. The van der Waals surface area contributed by atoms with Crippen molar-refractivity contribution in [2.45, 2.75) is 40.0 Å².